The standard InChI is InChI=1S/C16H21N3O3S.ClH/c1-21-9-11-3-2-4-12-14(11)18-16(23-12)19-15(20)13(17)10-5-7-22-8-6-10;/h2-4,10,13H,5-9,17H2,1H3,(H,18,19,20);1H. The van der Waals surface area contributed by atoms with E-state index in [0.29, 0.717) is 25.0 Å². The van der Waals surface area contributed by atoms with Crippen LogP contribution in [-0.4, -0.2) is 37.3 Å². The van der Waals surface area contributed by atoms with Crippen LogP contribution in [0.15, 0.2) is 18.2 Å². The fourth-order valence-electron chi connectivity index (χ4n) is 2.81. The summed E-state index contributed by atoms with van der Waals surface area (Å²) in [6.07, 6.45) is 1.65. The molecule has 1 saturated heterocycles. The number of fused-ring (bicyclic) bond motifs is 1. The lowest BCUT2D eigenvalue weighted by molar-refractivity contribution is -0.119. The SMILES string of the molecule is COCc1cccc2sc(NC(=O)C(N)C3CCOCC3)nc12.Cl. The van der Waals surface area contributed by atoms with E-state index in [2.05, 4.69) is 10.3 Å². The summed E-state index contributed by atoms with van der Waals surface area (Å²) in [6.45, 7) is 1.84. The van der Waals surface area contributed by atoms with Crippen molar-refractivity contribution in [1.82, 2.24) is 4.98 Å². The zero-order valence-electron chi connectivity index (χ0n) is 13.5. The number of anilines is 1. The van der Waals surface area contributed by atoms with Crippen molar-refractivity contribution in [3.63, 3.8) is 0 Å². The summed E-state index contributed by atoms with van der Waals surface area (Å²) >= 11 is 1.45. The number of hydrogen-bond acceptors (Lipinski definition) is 6. The second-order valence-corrected chi connectivity index (χ2v) is 6.71. The summed E-state index contributed by atoms with van der Waals surface area (Å²) in [4.78, 5) is 16.9. The number of thiazole rings is 1. The number of benzene rings is 1. The van der Waals surface area contributed by atoms with Crippen molar-refractivity contribution in [2.45, 2.75) is 25.5 Å². The minimum atomic E-state index is -0.524. The molecule has 2 heterocycles. The molecule has 1 unspecified atom stereocenters. The van der Waals surface area contributed by atoms with E-state index in [9.17, 15) is 4.79 Å². The third kappa shape index (κ3) is 4.23. The second-order valence-electron chi connectivity index (χ2n) is 5.68. The molecule has 132 valence electrons. The Balaban J connectivity index is 0.00000208. The van der Waals surface area contributed by atoms with Gasteiger partial charge in [-0.3, -0.25) is 4.79 Å². The van der Waals surface area contributed by atoms with Crippen LogP contribution in [0.3, 0.4) is 0 Å². The highest BCUT2D eigenvalue weighted by Crippen LogP contribution is 2.29. The first kappa shape index (κ1) is 19.1. The van der Waals surface area contributed by atoms with Crippen LogP contribution in [0.5, 0.6) is 0 Å². The molecule has 0 spiro atoms. The fourth-order valence-corrected chi connectivity index (χ4v) is 3.73. The van der Waals surface area contributed by atoms with E-state index in [1.807, 2.05) is 18.2 Å². The number of ether oxygens (including phenoxy) is 2. The van der Waals surface area contributed by atoms with Crippen LogP contribution in [-0.2, 0) is 20.9 Å². The van der Waals surface area contributed by atoms with Crippen LogP contribution >= 0.6 is 23.7 Å². The largest absolute Gasteiger partial charge is 0.381 e. The number of nitrogens with two attached hydrogens (primary N) is 1. The van der Waals surface area contributed by atoms with Crippen LogP contribution in [0.4, 0.5) is 5.13 Å². The minimum Gasteiger partial charge on any atom is -0.381 e. The highest BCUT2D eigenvalue weighted by Gasteiger charge is 2.27. The van der Waals surface area contributed by atoms with Gasteiger partial charge in [0.15, 0.2) is 5.13 Å². The van der Waals surface area contributed by atoms with E-state index in [1.165, 1.54) is 11.3 Å². The quantitative estimate of drug-likeness (QED) is 0.843. The summed E-state index contributed by atoms with van der Waals surface area (Å²) in [5, 5.41) is 3.44. The van der Waals surface area contributed by atoms with Crippen LogP contribution in [0.25, 0.3) is 10.2 Å². The summed E-state index contributed by atoms with van der Waals surface area (Å²) < 4.78 is 11.5. The molecule has 1 aromatic heterocycles. The molecule has 1 aromatic carbocycles. The fraction of sp³-hybridized carbons (Fsp3) is 0.500. The highest BCUT2D eigenvalue weighted by molar-refractivity contribution is 7.22. The van der Waals surface area contributed by atoms with Crippen molar-refractivity contribution in [1.29, 1.82) is 0 Å². The van der Waals surface area contributed by atoms with E-state index in [-0.39, 0.29) is 24.2 Å². The van der Waals surface area contributed by atoms with Gasteiger partial charge in [0, 0.05) is 25.9 Å². The number of aromatic nitrogens is 1. The first-order valence-electron chi connectivity index (χ1n) is 7.70. The van der Waals surface area contributed by atoms with Gasteiger partial charge in [-0.25, -0.2) is 4.98 Å². The third-order valence-electron chi connectivity index (χ3n) is 4.11. The van der Waals surface area contributed by atoms with E-state index < -0.39 is 6.04 Å². The molecule has 0 radical (unpaired) electrons. The Kier molecular flexibility index (Phi) is 6.94. The van der Waals surface area contributed by atoms with Crippen LogP contribution in [0, 0.1) is 5.92 Å². The van der Waals surface area contributed by atoms with Crippen molar-refractivity contribution < 1.29 is 14.3 Å². The lowest BCUT2D eigenvalue weighted by Crippen LogP contribution is -2.43. The first-order valence-corrected chi connectivity index (χ1v) is 8.52. The Morgan fingerprint density at radius 3 is 2.96 bits per heavy atom. The number of hydrogen-bond donors (Lipinski definition) is 2. The predicted molar refractivity (Wildman–Crippen MR) is 97.7 cm³/mol. The predicted octanol–water partition coefficient (Wildman–Crippen LogP) is 2.56. The van der Waals surface area contributed by atoms with Crippen LogP contribution < -0.4 is 11.1 Å². The Bertz CT molecular complexity index is 688. The molecule has 8 heteroatoms. The highest BCUT2D eigenvalue weighted by atomic mass is 35.5. The van der Waals surface area contributed by atoms with Crippen molar-refractivity contribution in [2.24, 2.45) is 11.7 Å². The number of amides is 1. The summed E-state index contributed by atoms with van der Waals surface area (Å²) in [7, 11) is 1.65. The molecule has 0 saturated carbocycles. The van der Waals surface area contributed by atoms with Gasteiger partial charge in [-0.15, -0.1) is 12.4 Å². The van der Waals surface area contributed by atoms with Gasteiger partial charge in [-0.2, -0.15) is 0 Å². The maximum Gasteiger partial charge on any atom is 0.243 e. The normalized spacial score (nSPS) is 16.6. The van der Waals surface area contributed by atoms with Gasteiger partial charge in [0.05, 0.1) is 22.9 Å². The molecule has 0 aliphatic carbocycles. The summed E-state index contributed by atoms with van der Waals surface area (Å²) in [5.41, 5.74) is 7.98. The molecular weight excluding hydrogens is 350 g/mol. The number of halogens is 1. The van der Waals surface area contributed by atoms with Crippen molar-refractivity contribution >= 4 is 45.0 Å². The number of para-hydroxylation sites is 1. The molecule has 6 nitrogen and oxygen atoms in total. The minimum absolute atomic E-state index is 0. The van der Waals surface area contributed by atoms with E-state index in [4.69, 9.17) is 15.2 Å². The lowest BCUT2D eigenvalue weighted by Gasteiger charge is -2.26. The third-order valence-corrected chi connectivity index (χ3v) is 5.05. The van der Waals surface area contributed by atoms with Gasteiger partial charge in [-0.05, 0) is 24.8 Å². The van der Waals surface area contributed by atoms with E-state index >= 15 is 0 Å². The maximum atomic E-state index is 12.4. The molecule has 3 N–H and O–H groups in total. The number of carbonyl (C=O) groups is 1. The Morgan fingerprint density at radius 1 is 1.50 bits per heavy atom. The smallest absolute Gasteiger partial charge is 0.243 e. The number of carbonyl (C=O) groups excluding carboxylic acids is 1. The number of methoxy groups -OCH3 is 1. The van der Waals surface area contributed by atoms with Gasteiger partial charge in [-0.1, -0.05) is 23.5 Å². The average molecular weight is 372 g/mol. The second kappa shape index (κ2) is 8.73. The van der Waals surface area contributed by atoms with Crippen LogP contribution in [0.1, 0.15) is 18.4 Å². The van der Waals surface area contributed by atoms with Gasteiger partial charge in [0.1, 0.15) is 0 Å². The van der Waals surface area contributed by atoms with Crippen molar-refractivity contribution in [3.05, 3.63) is 23.8 Å². The monoisotopic (exact) mass is 371 g/mol. The van der Waals surface area contributed by atoms with Gasteiger partial charge in [0.2, 0.25) is 5.91 Å². The molecule has 0 bridgehead atoms. The lowest BCUT2D eigenvalue weighted by atomic mass is 9.92. The molecule has 1 amide bonds. The van der Waals surface area contributed by atoms with Gasteiger partial charge in [0.25, 0.3) is 0 Å². The number of rotatable bonds is 5. The zero-order valence-corrected chi connectivity index (χ0v) is 15.1. The summed E-state index contributed by atoms with van der Waals surface area (Å²) in [6, 6.07) is 5.41. The van der Waals surface area contributed by atoms with Gasteiger partial charge >= 0.3 is 0 Å². The Hall–Kier alpha value is -1.25. The molecule has 1 fully saturated rings. The molecule has 1 atom stereocenters. The topological polar surface area (TPSA) is 86.5 Å². The first-order chi connectivity index (χ1) is 11.2. The maximum absolute atomic E-state index is 12.4. The number of nitrogens with one attached hydrogen (secondary N) is 1. The van der Waals surface area contributed by atoms with E-state index in [0.717, 1.165) is 28.6 Å². The molecule has 1 aliphatic rings. The molecular formula is C16H22ClN3O3S. The number of nitrogens with zero attached hydrogens (tertiary/aromatic N) is 1. The molecule has 1 aliphatic heterocycles. The average Bonchev–Trinajstić information content (AvgIpc) is 2.98. The van der Waals surface area contributed by atoms with Gasteiger partial charge < -0.3 is 20.5 Å². The van der Waals surface area contributed by atoms with Crippen molar-refractivity contribution in [2.75, 3.05) is 25.6 Å². The Labute approximate surface area is 151 Å². The van der Waals surface area contributed by atoms with Crippen LogP contribution in [0.2, 0.25) is 0 Å². The summed E-state index contributed by atoms with van der Waals surface area (Å²) in [5.74, 6) is -0.00794. The van der Waals surface area contributed by atoms with E-state index in [1.54, 1.807) is 7.11 Å². The van der Waals surface area contributed by atoms with Crippen molar-refractivity contribution in [3.8, 4) is 0 Å². The zero-order chi connectivity index (χ0) is 16.2. The molecule has 3 rings (SSSR count). The molecule has 2 aromatic rings. The Morgan fingerprint density at radius 2 is 2.25 bits per heavy atom. The molecule has 24 heavy (non-hydrogen) atoms.